The minimum atomic E-state index is -0.161. The number of nitrogens with one attached hydrogen (secondary N) is 1. The second-order valence-electron chi connectivity index (χ2n) is 4.88. The van der Waals surface area contributed by atoms with Gasteiger partial charge in [-0.25, -0.2) is 4.98 Å². The average Bonchev–Trinajstić information content (AvgIpc) is 2.82. The first-order valence-corrected chi connectivity index (χ1v) is 6.46. The molecule has 4 nitrogen and oxygen atoms in total. The fourth-order valence-electron chi connectivity index (χ4n) is 2.53. The quantitative estimate of drug-likeness (QED) is 0.867. The van der Waals surface area contributed by atoms with Crippen molar-refractivity contribution in [2.45, 2.75) is 25.4 Å². The Balaban J connectivity index is 1.71. The number of rotatable bonds is 3. The van der Waals surface area contributed by atoms with Gasteiger partial charge in [0.2, 0.25) is 0 Å². The molecule has 1 fully saturated rings. The summed E-state index contributed by atoms with van der Waals surface area (Å²) >= 11 is 0. The maximum Gasteiger partial charge on any atom is 0.145 e. The number of hydrogen-bond donors (Lipinski definition) is 2. The molecular weight excluding hydrogens is 226 g/mol. The molecule has 0 saturated heterocycles. The molecule has 0 aliphatic heterocycles. The van der Waals surface area contributed by atoms with Crippen LogP contribution in [0.5, 0.6) is 0 Å². The van der Waals surface area contributed by atoms with E-state index in [4.69, 9.17) is 0 Å². The molecule has 0 radical (unpaired) electrons. The molecule has 0 spiro atoms. The lowest BCUT2D eigenvalue weighted by Crippen LogP contribution is -2.22. The van der Waals surface area contributed by atoms with E-state index in [1.165, 1.54) is 0 Å². The third kappa shape index (κ3) is 2.29. The van der Waals surface area contributed by atoms with Gasteiger partial charge in [-0.1, -0.05) is 18.6 Å². The molecule has 0 amide bonds. The largest absolute Gasteiger partial charge is 0.393 e. The molecule has 2 aromatic rings. The van der Waals surface area contributed by atoms with Gasteiger partial charge in [-0.05, 0) is 25.0 Å². The summed E-state index contributed by atoms with van der Waals surface area (Å²) in [6.07, 6.45) is 4.73. The predicted octanol–water partition coefficient (Wildman–Crippen LogP) is 2.20. The minimum absolute atomic E-state index is 0.161. The summed E-state index contributed by atoms with van der Waals surface area (Å²) in [5.41, 5.74) is 1.80. The number of aromatic nitrogens is 2. The number of aliphatic hydroxyl groups is 1. The molecule has 1 aliphatic rings. The zero-order valence-electron chi connectivity index (χ0n) is 10.2. The summed E-state index contributed by atoms with van der Waals surface area (Å²) in [4.78, 5) is 8.86. The Labute approximate surface area is 106 Å². The summed E-state index contributed by atoms with van der Waals surface area (Å²) in [6.45, 7) is 0.772. The molecule has 1 aromatic carbocycles. The summed E-state index contributed by atoms with van der Waals surface area (Å²) in [5.74, 6) is 1.13. The second kappa shape index (κ2) is 4.90. The monoisotopic (exact) mass is 243 g/mol. The van der Waals surface area contributed by atoms with E-state index in [0.29, 0.717) is 5.92 Å². The molecule has 2 unspecified atom stereocenters. The Morgan fingerprint density at radius 3 is 2.83 bits per heavy atom. The van der Waals surface area contributed by atoms with Gasteiger partial charge in [0, 0.05) is 12.5 Å². The summed E-state index contributed by atoms with van der Waals surface area (Å²) in [5, 5.41) is 13.0. The lowest BCUT2D eigenvalue weighted by molar-refractivity contribution is 0.138. The van der Waals surface area contributed by atoms with Crippen LogP contribution in [0.15, 0.2) is 30.5 Å². The molecule has 1 aliphatic carbocycles. The maximum absolute atomic E-state index is 9.76. The zero-order valence-corrected chi connectivity index (χ0v) is 10.2. The van der Waals surface area contributed by atoms with Crippen LogP contribution in [0.2, 0.25) is 0 Å². The van der Waals surface area contributed by atoms with E-state index in [0.717, 1.165) is 42.7 Å². The van der Waals surface area contributed by atoms with E-state index in [1.54, 1.807) is 6.20 Å². The number of anilines is 1. The Morgan fingerprint density at radius 2 is 2.06 bits per heavy atom. The summed E-state index contributed by atoms with van der Waals surface area (Å²) in [7, 11) is 0. The van der Waals surface area contributed by atoms with Gasteiger partial charge in [-0.3, -0.25) is 4.98 Å². The number of para-hydroxylation sites is 2. The molecule has 3 rings (SSSR count). The number of fused-ring (bicyclic) bond motifs is 1. The first-order valence-electron chi connectivity index (χ1n) is 6.46. The van der Waals surface area contributed by atoms with Gasteiger partial charge in [0.1, 0.15) is 5.82 Å². The third-order valence-electron chi connectivity index (χ3n) is 3.61. The van der Waals surface area contributed by atoms with Crippen molar-refractivity contribution in [3.63, 3.8) is 0 Å². The van der Waals surface area contributed by atoms with Gasteiger partial charge < -0.3 is 10.4 Å². The van der Waals surface area contributed by atoms with Crippen LogP contribution in [0.25, 0.3) is 11.0 Å². The topological polar surface area (TPSA) is 58.0 Å². The Kier molecular flexibility index (Phi) is 3.11. The van der Waals surface area contributed by atoms with Gasteiger partial charge in [-0.2, -0.15) is 0 Å². The van der Waals surface area contributed by atoms with Crippen LogP contribution < -0.4 is 5.32 Å². The minimum Gasteiger partial charge on any atom is -0.393 e. The first kappa shape index (κ1) is 11.4. The van der Waals surface area contributed by atoms with E-state index in [2.05, 4.69) is 15.3 Å². The van der Waals surface area contributed by atoms with Crippen molar-refractivity contribution in [1.29, 1.82) is 0 Å². The molecule has 0 bridgehead atoms. The number of nitrogens with zero attached hydrogens (tertiary/aromatic N) is 2. The van der Waals surface area contributed by atoms with Crippen molar-refractivity contribution in [2.24, 2.45) is 5.92 Å². The lowest BCUT2D eigenvalue weighted by atomic mass is 10.1. The molecule has 2 N–H and O–H groups in total. The van der Waals surface area contributed by atoms with E-state index in [9.17, 15) is 5.11 Å². The van der Waals surface area contributed by atoms with Crippen molar-refractivity contribution in [1.82, 2.24) is 9.97 Å². The molecule has 2 atom stereocenters. The van der Waals surface area contributed by atoms with Gasteiger partial charge in [0.25, 0.3) is 0 Å². The summed E-state index contributed by atoms with van der Waals surface area (Å²) in [6, 6.07) is 7.82. The summed E-state index contributed by atoms with van der Waals surface area (Å²) < 4.78 is 0. The third-order valence-corrected chi connectivity index (χ3v) is 3.61. The van der Waals surface area contributed by atoms with Crippen LogP contribution in [-0.2, 0) is 0 Å². The Hall–Kier alpha value is -1.68. The van der Waals surface area contributed by atoms with Crippen LogP contribution in [0.4, 0.5) is 5.82 Å². The highest BCUT2D eigenvalue weighted by molar-refractivity contribution is 5.75. The zero-order chi connectivity index (χ0) is 12.4. The molecule has 1 aromatic heterocycles. The van der Waals surface area contributed by atoms with Gasteiger partial charge in [-0.15, -0.1) is 0 Å². The molecular formula is C14H17N3O. The molecule has 18 heavy (non-hydrogen) atoms. The van der Waals surface area contributed by atoms with Crippen LogP contribution in [0, 0.1) is 5.92 Å². The molecule has 1 saturated carbocycles. The first-order chi connectivity index (χ1) is 8.83. The molecule has 94 valence electrons. The van der Waals surface area contributed by atoms with Crippen LogP contribution >= 0.6 is 0 Å². The average molecular weight is 243 g/mol. The van der Waals surface area contributed by atoms with E-state index in [1.807, 2.05) is 24.3 Å². The molecule has 1 heterocycles. The highest BCUT2D eigenvalue weighted by Gasteiger charge is 2.24. The highest BCUT2D eigenvalue weighted by Crippen LogP contribution is 2.25. The second-order valence-corrected chi connectivity index (χ2v) is 4.88. The van der Waals surface area contributed by atoms with Crippen molar-refractivity contribution in [3.05, 3.63) is 30.5 Å². The lowest BCUT2D eigenvalue weighted by Gasteiger charge is -2.15. The predicted molar refractivity (Wildman–Crippen MR) is 71.4 cm³/mol. The normalized spacial score (nSPS) is 23.4. The van der Waals surface area contributed by atoms with Gasteiger partial charge >= 0.3 is 0 Å². The SMILES string of the molecule is OC1CCCC1CNc1cnc2ccccc2n1. The smallest absolute Gasteiger partial charge is 0.145 e. The Morgan fingerprint density at radius 1 is 1.22 bits per heavy atom. The van der Waals surface area contributed by atoms with Crippen molar-refractivity contribution in [2.75, 3.05) is 11.9 Å². The fourth-order valence-corrected chi connectivity index (χ4v) is 2.53. The van der Waals surface area contributed by atoms with E-state index >= 15 is 0 Å². The standard InChI is InChI=1S/C14H17N3O/c18-13-7-3-4-10(13)8-16-14-9-15-11-5-1-2-6-12(11)17-14/h1-2,5-6,9-10,13,18H,3-4,7-8H2,(H,16,17). The van der Waals surface area contributed by atoms with Crippen molar-refractivity contribution in [3.8, 4) is 0 Å². The fraction of sp³-hybridized carbons (Fsp3) is 0.429. The van der Waals surface area contributed by atoms with E-state index in [-0.39, 0.29) is 6.10 Å². The van der Waals surface area contributed by atoms with Gasteiger partial charge in [0.05, 0.1) is 23.3 Å². The van der Waals surface area contributed by atoms with E-state index < -0.39 is 0 Å². The van der Waals surface area contributed by atoms with Crippen molar-refractivity contribution >= 4 is 16.9 Å². The molecule has 4 heteroatoms. The van der Waals surface area contributed by atoms with Crippen LogP contribution in [0.3, 0.4) is 0 Å². The maximum atomic E-state index is 9.76. The van der Waals surface area contributed by atoms with Gasteiger partial charge in [0.15, 0.2) is 0 Å². The van der Waals surface area contributed by atoms with Crippen LogP contribution in [-0.4, -0.2) is 27.7 Å². The Bertz CT molecular complexity index is 543. The van der Waals surface area contributed by atoms with Crippen molar-refractivity contribution < 1.29 is 5.11 Å². The van der Waals surface area contributed by atoms with Crippen LogP contribution in [0.1, 0.15) is 19.3 Å². The highest BCUT2D eigenvalue weighted by atomic mass is 16.3. The number of benzene rings is 1. The number of hydrogen-bond acceptors (Lipinski definition) is 4. The number of aliphatic hydroxyl groups excluding tert-OH is 1.